The van der Waals surface area contributed by atoms with Crippen molar-refractivity contribution in [1.29, 1.82) is 0 Å². The van der Waals surface area contributed by atoms with Gasteiger partial charge in [-0.3, -0.25) is 0 Å². The second kappa shape index (κ2) is 13.6. The molecule has 21 unspecified atom stereocenters. The maximum absolute atomic E-state index is 2.83. The van der Waals surface area contributed by atoms with Gasteiger partial charge in [-0.1, -0.05) is 128 Å². The van der Waals surface area contributed by atoms with Gasteiger partial charge in [0.15, 0.2) is 0 Å². The van der Waals surface area contributed by atoms with Gasteiger partial charge in [0.25, 0.3) is 0 Å². The summed E-state index contributed by atoms with van der Waals surface area (Å²) in [6, 6.07) is 25.0. The number of benzene rings is 2. The lowest BCUT2D eigenvalue weighted by atomic mass is 9.43. The van der Waals surface area contributed by atoms with Gasteiger partial charge in [-0.15, -0.1) is 0 Å². The molecule has 57 heavy (non-hydrogen) atoms. The molecule has 0 amide bonds. The van der Waals surface area contributed by atoms with E-state index in [1.54, 1.807) is 16.7 Å². The Hall–Kier alpha value is -2.86. The molecule has 0 spiro atoms. The van der Waals surface area contributed by atoms with E-state index in [0.717, 1.165) is 118 Å². The first-order valence-electron chi connectivity index (χ1n) is 24.8. The summed E-state index contributed by atoms with van der Waals surface area (Å²) in [6.07, 6.45) is 39.7. The molecule has 11 aliphatic rings. The molecule has 296 valence electrons. The van der Waals surface area contributed by atoms with Crippen LogP contribution in [0.15, 0.2) is 120 Å². The third-order valence-electron chi connectivity index (χ3n) is 20.9. The van der Waals surface area contributed by atoms with Crippen molar-refractivity contribution in [2.24, 2.45) is 112 Å². The summed E-state index contributed by atoms with van der Waals surface area (Å²) in [4.78, 5) is 0. The molecule has 0 N–H and O–H groups in total. The highest BCUT2D eigenvalue weighted by Crippen LogP contribution is 2.77. The summed E-state index contributed by atoms with van der Waals surface area (Å²) in [5.74, 6) is 17.8. The quantitative estimate of drug-likeness (QED) is 0.274. The van der Waals surface area contributed by atoms with Gasteiger partial charge >= 0.3 is 0 Å². The summed E-state index contributed by atoms with van der Waals surface area (Å²) in [5, 5.41) is 0. The van der Waals surface area contributed by atoms with Gasteiger partial charge in [0.05, 0.1) is 0 Å². The molecule has 2 aromatic carbocycles. The van der Waals surface area contributed by atoms with Crippen molar-refractivity contribution in [2.45, 2.75) is 102 Å². The van der Waals surface area contributed by atoms with Crippen molar-refractivity contribution in [2.75, 3.05) is 0 Å². The Kier molecular flexibility index (Phi) is 8.33. The van der Waals surface area contributed by atoms with Crippen molar-refractivity contribution >= 4 is 0 Å². The minimum atomic E-state index is 0.695. The number of fused-ring (bicyclic) bond motifs is 11. The van der Waals surface area contributed by atoms with E-state index in [0.29, 0.717) is 5.92 Å². The van der Waals surface area contributed by atoms with Gasteiger partial charge in [0.2, 0.25) is 0 Å². The Morgan fingerprint density at radius 2 is 1.18 bits per heavy atom. The Morgan fingerprint density at radius 1 is 0.456 bits per heavy atom. The smallest absolute Gasteiger partial charge is 0.00939 e. The summed E-state index contributed by atoms with van der Waals surface area (Å²) in [6.45, 7) is 2.65. The van der Waals surface area contributed by atoms with Gasteiger partial charge in [0, 0.05) is 0 Å². The molecule has 0 heterocycles. The predicted octanol–water partition coefficient (Wildman–Crippen LogP) is 14.0. The standard InChI is InChI=1S/C57H68/c1-33-38-21-10-8-15-34(38)27-28-39(33)44-29-30-46-55-48(31-37-20-9-11-22-40(37)53(44)55)57-51(36-18-6-3-7-19-36)54-45-26-14-25-43-41-23-12-13-24-42(41)47(52(43)45)32-49(54)50(56(46)57)35-16-4-2-5-17-35/h2-8,11-12,15-19,22-23,27-28,33,37-38,40-57H,9-10,13-14,20-21,24-26,29-32H2,1H3. The molecule has 0 heteroatoms. The molecule has 0 saturated heterocycles. The molecule has 13 rings (SSSR count). The average Bonchev–Trinajstić information content (AvgIpc) is 3.77. The van der Waals surface area contributed by atoms with Crippen molar-refractivity contribution in [3.8, 4) is 0 Å². The van der Waals surface area contributed by atoms with Crippen LogP contribution in [-0.2, 0) is 0 Å². The van der Waals surface area contributed by atoms with E-state index < -0.39 is 0 Å². The fourth-order valence-corrected chi connectivity index (χ4v) is 19.7. The zero-order chi connectivity index (χ0) is 37.4. The molecule has 0 aliphatic heterocycles. The van der Waals surface area contributed by atoms with Gasteiger partial charge in [-0.05, 0) is 218 Å². The van der Waals surface area contributed by atoms with Crippen LogP contribution in [0.5, 0.6) is 0 Å². The molecule has 0 aromatic heterocycles. The van der Waals surface area contributed by atoms with Crippen molar-refractivity contribution in [1.82, 2.24) is 0 Å². The fourth-order valence-electron chi connectivity index (χ4n) is 19.7. The third-order valence-corrected chi connectivity index (χ3v) is 20.9. The zero-order valence-corrected chi connectivity index (χ0v) is 34.7. The lowest BCUT2D eigenvalue weighted by Gasteiger charge is -2.61. The lowest BCUT2D eigenvalue weighted by Crippen LogP contribution is -2.54. The average molecular weight is 753 g/mol. The monoisotopic (exact) mass is 753 g/mol. The van der Waals surface area contributed by atoms with Gasteiger partial charge in [-0.2, -0.15) is 0 Å². The largest absolute Gasteiger partial charge is 0.0882 e. The summed E-state index contributed by atoms with van der Waals surface area (Å²) < 4.78 is 0. The SMILES string of the molecule is CC1C(C2CCC3C4C(CC5CCC=CC5C24)C2C(c4ccccc4)C4C(CC5C6CCC=CC6C6CCCC4C65)C(c4ccccc4)C32)=CC=C2C=CCCC21. The van der Waals surface area contributed by atoms with E-state index >= 15 is 0 Å². The van der Waals surface area contributed by atoms with E-state index in [1.165, 1.54) is 83.5 Å². The highest BCUT2D eigenvalue weighted by Gasteiger charge is 2.70. The van der Waals surface area contributed by atoms with E-state index in [2.05, 4.69) is 116 Å². The number of allylic oxidation sites excluding steroid dienone is 10. The zero-order valence-electron chi connectivity index (χ0n) is 34.7. The van der Waals surface area contributed by atoms with Gasteiger partial charge in [-0.25, -0.2) is 0 Å². The normalized spacial score (nSPS) is 50.9. The molecule has 21 atom stereocenters. The highest BCUT2D eigenvalue weighted by atomic mass is 14.7. The van der Waals surface area contributed by atoms with Crippen LogP contribution >= 0.6 is 0 Å². The maximum atomic E-state index is 2.83. The third kappa shape index (κ3) is 5.03. The van der Waals surface area contributed by atoms with Gasteiger partial charge in [0.1, 0.15) is 0 Å². The Morgan fingerprint density at radius 3 is 2.02 bits per heavy atom. The van der Waals surface area contributed by atoms with Crippen LogP contribution in [0.25, 0.3) is 0 Å². The molecule has 2 aromatic rings. The van der Waals surface area contributed by atoms with E-state index in [4.69, 9.17) is 0 Å². The van der Waals surface area contributed by atoms with Gasteiger partial charge < -0.3 is 0 Å². The molecule has 11 aliphatic carbocycles. The van der Waals surface area contributed by atoms with Crippen LogP contribution < -0.4 is 0 Å². The topological polar surface area (TPSA) is 0 Å². The molecule has 0 bridgehead atoms. The summed E-state index contributed by atoms with van der Waals surface area (Å²) >= 11 is 0. The predicted molar refractivity (Wildman–Crippen MR) is 234 cm³/mol. The van der Waals surface area contributed by atoms with Crippen molar-refractivity contribution in [3.05, 3.63) is 132 Å². The van der Waals surface area contributed by atoms with E-state index in [9.17, 15) is 0 Å². The summed E-state index contributed by atoms with van der Waals surface area (Å²) in [5.41, 5.74) is 7.01. The van der Waals surface area contributed by atoms with Crippen LogP contribution in [0.1, 0.15) is 113 Å². The van der Waals surface area contributed by atoms with Crippen LogP contribution in [0.2, 0.25) is 0 Å². The Labute approximate surface area is 344 Å². The molecule has 0 radical (unpaired) electrons. The molecular formula is C57H68. The molecule has 7 fully saturated rings. The Bertz CT molecular complexity index is 1990. The summed E-state index contributed by atoms with van der Waals surface area (Å²) in [7, 11) is 0. The maximum Gasteiger partial charge on any atom is -0.00939 e. The first-order chi connectivity index (χ1) is 28.2. The van der Waals surface area contributed by atoms with Crippen LogP contribution in [-0.4, -0.2) is 0 Å². The minimum Gasteiger partial charge on any atom is -0.0882 e. The van der Waals surface area contributed by atoms with E-state index in [-0.39, 0.29) is 0 Å². The minimum absolute atomic E-state index is 0.695. The van der Waals surface area contributed by atoms with Crippen molar-refractivity contribution < 1.29 is 0 Å². The lowest BCUT2D eigenvalue weighted by molar-refractivity contribution is -0.0864. The number of rotatable bonds is 3. The van der Waals surface area contributed by atoms with Crippen LogP contribution in [0.3, 0.4) is 0 Å². The highest BCUT2D eigenvalue weighted by molar-refractivity contribution is 5.40. The van der Waals surface area contributed by atoms with Crippen molar-refractivity contribution in [3.63, 3.8) is 0 Å². The second-order valence-electron chi connectivity index (χ2n) is 22.2. The number of hydrogen-bond donors (Lipinski definition) is 0. The molecule has 0 nitrogen and oxygen atoms in total. The first kappa shape index (κ1) is 34.9. The first-order valence-corrected chi connectivity index (χ1v) is 24.8. The van der Waals surface area contributed by atoms with E-state index in [1.807, 2.05) is 5.57 Å². The van der Waals surface area contributed by atoms with Crippen LogP contribution in [0, 0.1) is 112 Å². The molecule has 7 saturated carbocycles. The number of hydrogen-bond acceptors (Lipinski definition) is 0. The second-order valence-corrected chi connectivity index (χ2v) is 22.2. The van der Waals surface area contributed by atoms with Crippen LogP contribution in [0.4, 0.5) is 0 Å². The fraction of sp³-hybridized carbons (Fsp3) is 0.614. The Balaban J connectivity index is 0.987. The molecular weight excluding hydrogens is 685 g/mol.